The molecule has 0 spiro atoms. The van der Waals surface area contributed by atoms with Crippen LogP contribution in [0.3, 0.4) is 0 Å². The minimum absolute atomic E-state index is 0.0335. The second kappa shape index (κ2) is 5.17. The molecule has 2 N–H and O–H groups in total. The van der Waals surface area contributed by atoms with Gasteiger partial charge in [0.15, 0.2) is 0 Å². The summed E-state index contributed by atoms with van der Waals surface area (Å²) in [6.45, 7) is 2.38. The van der Waals surface area contributed by atoms with Crippen LogP contribution >= 0.6 is 0 Å². The maximum atomic E-state index is 12.8. The third-order valence-electron chi connectivity index (χ3n) is 3.78. The summed E-state index contributed by atoms with van der Waals surface area (Å²) >= 11 is 0. The lowest BCUT2D eigenvalue weighted by molar-refractivity contribution is 0.0691. The van der Waals surface area contributed by atoms with Crippen LogP contribution in [0, 0.1) is 5.92 Å². The summed E-state index contributed by atoms with van der Waals surface area (Å²) < 4.78 is 27.1. The third kappa shape index (κ3) is 2.37. The number of carboxylic acid groups (broad SMARTS) is 1. The molecule has 0 amide bonds. The Morgan fingerprint density at radius 3 is 2.77 bits per heavy atom. The predicted molar refractivity (Wildman–Crippen MR) is 81.6 cm³/mol. The molecule has 1 atom stereocenters. The molecule has 0 saturated heterocycles. The van der Waals surface area contributed by atoms with Gasteiger partial charge in [0.1, 0.15) is 10.6 Å². The monoisotopic (exact) mass is 320 g/mol. The number of benzene rings is 1. The molecule has 22 heavy (non-hydrogen) atoms. The summed E-state index contributed by atoms with van der Waals surface area (Å²) in [4.78, 5) is 13.4. The highest BCUT2D eigenvalue weighted by Gasteiger charge is 2.32. The molecule has 1 aromatic carbocycles. The van der Waals surface area contributed by atoms with E-state index in [-0.39, 0.29) is 16.5 Å². The molecule has 6 nitrogen and oxygen atoms in total. The smallest absolute Gasteiger partial charge is 0.352 e. The van der Waals surface area contributed by atoms with Crippen LogP contribution in [0.2, 0.25) is 0 Å². The highest BCUT2D eigenvalue weighted by atomic mass is 32.2. The van der Waals surface area contributed by atoms with Crippen molar-refractivity contribution in [3.63, 3.8) is 0 Å². The van der Waals surface area contributed by atoms with E-state index in [1.165, 1.54) is 10.5 Å². The first-order chi connectivity index (χ1) is 10.4. The molecular weight excluding hydrogens is 304 g/mol. The lowest BCUT2D eigenvalue weighted by Crippen LogP contribution is -2.39. The molecule has 0 fully saturated rings. The Bertz CT molecular complexity index is 826. The second-order valence-electron chi connectivity index (χ2n) is 5.53. The van der Waals surface area contributed by atoms with E-state index in [9.17, 15) is 13.2 Å². The summed E-state index contributed by atoms with van der Waals surface area (Å²) in [7, 11) is -3.78. The molecule has 1 aliphatic heterocycles. The topological polar surface area (TPSA) is 90.5 Å². The zero-order valence-electron chi connectivity index (χ0n) is 12.0. The van der Waals surface area contributed by atoms with E-state index in [4.69, 9.17) is 5.11 Å². The fourth-order valence-electron chi connectivity index (χ4n) is 2.75. The first-order valence-electron chi connectivity index (χ1n) is 6.92. The van der Waals surface area contributed by atoms with Crippen LogP contribution in [0.4, 0.5) is 5.69 Å². The lowest BCUT2D eigenvalue weighted by atomic mass is 9.96. The summed E-state index contributed by atoms with van der Waals surface area (Å²) in [6.07, 6.45) is 2.05. The summed E-state index contributed by atoms with van der Waals surface area (Å²) in [5.41, 5.74) is 1.51. The number of aromatic carboxylic acids is 1. The zero-order valence-corrected chi connectivity index (χ0v) is 12.8. The number of hydrogen-bond donors (Lipinski definition) is 2. The van der Waals surface area contributed by atoms with E-state index in [2.05, 4.69) is 4.98 Å². The van der Waals surface area contributed by atoms with Crippen molar-refractivity contribution in [1.29, 1.82) is 0 Å². The summed E-state index contributed by atoms with van der Waals surface area (Å²) in [5, 5.41) is 8.93. The maximum Gasteiger partial charge on any atom is 0.352 e. The van der Waals surface area contributed by atoms with Crippen molar-refractivity contribution in [3.8, 4) is 0 Å². The van der Waals surface area contributed by atoms with E-state index < -0.39 is 16.0 Å². The van der Waals surface area contributed by atoms with Gasteiger partial charge in [0.05, 0.1) is 5.69 Å². The molecule has 0 radical (unpaired) electrons. The molecule has 0 unspecified atom stereocenters. The number of nitrogens with zero attached hydrogens (tertiary/aromatic N) is 1. The Labute approximate surface area is 128 Å². The van der Waals surface area contributed by atoms with Gasteiger partial charge in [-0.25, -0.2) is 13.2 Å². The van der Waals surface area contributed by atoms with E-state index in [0.717, 1.165) is 18.1 Å². The highest BCUT2D eigenvalue weighted by Crippen LogP contribution is 2.33. The number of rotatable bonds is 3. The number of carboxylic acids is 1. The molecular formula is C15H16N2O4S. The van der Waals surface area contributed by atoms with Gasteiger partial charge in [0, 0.05) is 12.7 Å². The van der Waals surface area contributed by atoms with Gasteiger partial charge in [0.25, 0.3) is 10.0 Å². The van der Waals surface area contributed by atoms with Crippen molar-refractivity contribution in [1.82, 2.24) is 4.98 Å². The second-order valence-corrected chi connectivity index (χ2v) is 7.39. The molecule has 0 saturated carbocycles. The number of anilines is 1. The summed E-state index contributed by atoms with van der Waals surface area (Å²) in [5.74, 6) is -0.989. The van der Waals surface area contributed by atoms with Gasteiger partial charge in [-0.05, 0) is 30.0 Å². The Morgan fingerprint density at radius 2 is 2.09 bits per heavy atom. The maximum absolute atomic E-state index is 12.8. The van der Waals surface area contributed by atoms with Crippen LogP contribution in [0.1, 0.15) is 23.0 Å². The van der Waals surface area contributed by atoms with Crippen LogP contribution in [-0.2, 0) is 16.4 Å². The van der Waals surface area contributed by atoms with Gasteiger partial charge in [-0.3, -0.25) is 4.31 Å². The van der Waals surface area contributed by atoms with Crippen molar-refractivity contribution in [2.24, 2.45) is 5.92 Å². The Morgan fingerprint density at radius 1 is 1.36 bits per heavy atom. The van der Waals surface area contributed by atoms with Crippen molar-refractivity contribution >= 4 is 21.7 Å². The number of hydrogen-bond acceptors (Lipinski definition) is 3. The number of sulfonamides is 1. The standard InChI is InChI=1S/C15H16N2O4S/c1-10-6-11-4-2-3-5-14(11)17(9-10)22(20,21)12-7-13(15(18)19)16-8-12/h2-5,7-8,10,16H,6,9H2,1H3,(H,18,19)/t10-/m1/s1. The van der Waals surface area contributed by atoms with Gasteiger partial charge >= 0.3 is 5.97 Å². The van der Waals surface area contributed by atoms with Gasteiger partial charge in [-0.15, -0.1) is 0 Å². The quantitative estimate of drug-likeness (QED) is 0.906. The number of fused-ring (bicyclic) bond motifs is 1. The van der Waals surface area contributed by atoms with Gasteiger partial charge in [-0.2, -0.15) is 0 Å². The van der Waals surface area contributed by atoms with Crippen LogP contribution in [-0.4, -0.2) is 31.0 Å². The van der Waals surface area contributed by atoms with Crippen LogP contribution in [0.15, 0.2) is 41.4 Å². The number of H-pyrrole nitrogens is 1. The lowest BCUT2D eigenvalue weighted by Gasteiger charge is -2.33. The molecule has 3 rings (SSSR count). The molecule has 116 valence electrons. The minimum atomic E-state index is -3.78. The third-order valence-corrected chi connectivity index (χ3v) is 5.54. The molecule has 1 aromatic heterocycles. The molecule has 0 aliphatic carbocycles. The average molecular weight is 320 g/mol. The van der Waals surface area contributed by atoms with E-state index in [0.29, 0.717) is 12.2 Å². The average Bonchev–Trinajstić information content (AvgIpc) is 2.97. The van der Waals surface area contributed by atoms with E-state index in [1.54, 1.807) is 12.1 Å². The molecule has 0 bridgehead atoms. The van der Waals surface area contributed by atoms with Crippen LogP contribution in [0.5, 0.6) is 0 Å². The molecule has 2 aromatic rings. The van der Waals surface area contributed by atoms with Crippen molar-refractivity contribution < 1.29 is 18.3 Å². The number of para-hydroxylation sites is 1. The molecule has 7 heteroatoms. The first kappa shape index (κ1) is 14.6. The SMILES string of the molecule is C[C@@H]1Cc2ccccc2N(S(=O)(=O)c2c[nH]c(C(=O)O)c2)C1. The largest absolute Gasteiger partial charge is 0.477 e. The number of nitrogens with one attached hydrogen (secondary N) is 1. The van der Waals surface area contributed by atoms with Gasteiger partial charge < -0.3 is 10.1 Å². The van der Waals surface area contributed by atoms with Crippen LogP contribution < -0.4 is 4.31 Å². The number of aromatic nitrogens is 1. The Balaban J connectivity index is 2.07. The highest BCUT2D eigenvalue weighted by molar-refractivity contribution is 7.92. The fourth-order valence-corrected chi connectivity index (χ4v) is 4.37. The fraction of sp³-hybridized carbons (Fsp3) is 0.267. The first-order valence-corrected chi connectivity index (χ1v) is 8.36. The number of carbonyl (C=O) groups is 1. The normalized spacial score (nSPS) is 18.0. The van der Waals surface area contributed by atoms with Crippen molar-refractivity contribution in [2.45, 2.75) is 18.2 Å². The van der Waals surface area contributed by atoms with Gasteiger partial charge in [0.2, 0.25) is 0 Å². The zero-order chi connectivity index (χ0) is 15.9. The van der Waals surface area contributed by atoms with Gasteiger partial charge in [-0.1, -0.05) is 25.1 Å². The minimum Gasteiger partial charge on any atom is -0.477 e. The number of aromatic amines is 1. The van der Waals surface area contributed by atoms with E-state index in [1.807, 2.05) is 19.1 Å². The van der Waals surface area contributed by atoms with Crippen molar-refractivity contribution in [3.05, 3.63) is 47.8 Å². The predicted octanol–water partition coefficient (Wildman–Crippen LogP) is 2.10. The van der Waals surface area contributed by atoms with E-state index >= 15 is 0 Å². The molecule has 2 heterocycles. The van der Waals surface area contributed by atoms with Crippen molar-refractivity contribution in [2.75, 3.05) is 10.8 Å². The Hall–Kier alpha value is -2.28. The Kier molecular flexibility index (Phi) is 3.44. The summed E-state index contributed by atoms with van der Waals surface area (Å²) in [6, 6.07) is 8.55. The van der Waals surface area contributed by atoms with Crippen LogP contribution in [0.25, 0.3) is 0 Å². The molecule has 1 aliphatic rings.